The van der Waals surface area contributed by atoms with Gasteiger partial charge in [-0.05, 0) is 19.3 Å². The number of halogens is 1. The SMILES string of the molecule is CCCC(=O)n1cc(F)c(CC(=O)CCCCCCC(=O)NO)nc1=O. The van der Waals surface area contributed by atoms with Gasteiger partial charge in [0.2, 0.25) is 11.8 Å². The Morgan fingerprint density at radius 2 is 1.81 bits per heavy atom. The number of hydroxylamine groups is 1. The molecule has 0 aliphatic carbocycles. The molecule has 0 fully saturated rings. The number of Topliss-reactive ketones (excluding diaryl/α,β-unsaturated/α-hetero) is 1. The Morgan fingerprint density at radius 3 is 2.42 bits per heavy atom. The van der Waals surface area contributed by atoms with Gasteiger partial charge in [0.15, 0.2) is 5.82 Å². The van der Waals surface area contributed by atoms with E-state index in [4.69, 9.17) is 5.21 Å². The molecule has 0 bridgehead atoms. The van der Waals surface area contributed by atoms with Gasteiger partial charge in [-0.3, -0.25) is 19.6 Å². The van der Waals surface area contributed by atoms with E-state index in [-0.39, 0.29) is 37.2 Å². The molecule has 1 aromatic heterocycles. The van der Waals surface area contributed by atoms with Gasteiger partial charge in [0.05, 0.1) is 18.3 Å². The Kier molecular flexibility index (Phi) is 9.35. The Balaban J connectivity index is 2.47. The van der Waals surface area contributed by atoms with Gasteiger partial charge in [-0.2, -0.15) is 4.98 Å². The van der Waals surface area contributed by atoms with Crippen molar-refractivity contribution in [3.63, 3.8) is 0 Å². The van der Waals surface area contributed by atoms with Crippen molar-refractivity contribution in [3.05, 3.63) is 28.2 Å². The Bertz CT molecular complexity index is 702. The molecule has 0 radical (unpaired) electrons. The van der Waals surface area contributed by atoms with Crippen molar-refractivity contribution >= 4 is 17.6 Å². The minimum Gasteiger partial charge on any atom is -0.299 e. The number of hydrogen-bond donors (Lipinski definition) is 2. The summed E-state index contributed by atoms with van der Waals surface area (Å²) in [5.74, 6) is -2.08. The predicted octanol–water partition coefficient (Wildman–Crippen LogP) is 1.78. The maximum Gasteiger partial charge on any atom is 0.354 e. The molecule has 0 aliphatic rings. The molecule has 144 valence electrons. The molecule has 1 rings (SSSR count). The van der Waals surface area contributed by atoms with Crippen LogP contribution in [0.3, 0.4) is 0 Å². The van der Waals surface area contributed by atoms with Gasteiger partial charge in [0.1, 0.15) is 5.78 Å². The van der Waals surface area contributed by atoms with Crippen LogP contribution in [0.25, 0.3) is 0 Å². The quantitative estimate of drug-likeness (QED) is 0.349. The third kappa shape index (κ3) is 7.22. The van der Waals surface area contributed by atoms with Crippen LogP contribution in [0.15, 0.2) is 11.0 Å². The van der Waals surface area contributed by atoms with Gasteiger partial charge in [0, 0.05) is 19.3 Å². The van der Waals surface area contributed by atoms with Gasteiger partial charge in [-0.1, -0.05) is 19.8 Å². The van der Waals surface area contributed by atoms with Crippen LogP contribution in [0.1, 0.15) is 68.8 Å². The van der Waals surface area contributed by atoms with E-state index in [0.29, 0.717) is 30.3 Å². The third-order valence-corrected chi connectivity index (χ3v) is 3.79. The molecule has 9 heteroatoms. The van der Waals surface area contributed by atoms with Crippen LogP contribution in [0, 0.1) is 5.82 Å². The molecule has 0 unspecified atom stereocenters. The number of aromatic nitrogens is 2. The van der Waals surface area contributed by atoms with Crippen LogP contribution < -0.4 is 11.2 Å². The second-order valence-corrected chi connectivity index (χ2v) is 6.00. The first-order valence-electron chi connectivity index (χ1n) is 8.65. The Hall–Kier alpha value is -2.42. The highest BCUT2D eigenvalue weighted by atomic mass is 19.1. The molecule has 26 heavy (non-hydrogen) atoms. The zero-order valence-electron chi connectivity index (χ0n) is 14.8. The van der Waals surface area contributed by atoms with Crippen LogP contribution in [-0.4, -0.2) is 32.4 Å². The number of nitrogens with zero attached hydrogens (tertiary/aromatic N) is 2. The van der Waals surface area contributed by atoms with Crippen LogP contribution in [0.4, 0.5) is 4.39 Å². The molecule has 0 aliphatic heterocycles. The van der Waals surface area contributed by atoms with Crippen LogP contribution >= 0.6 is 0 Å². The molecule has 1 amide bonds. The van der Waals surface area contributed by atoms with E-state index in [0.717, 1.165) is 12.6 Å². The molecule has 8 nitrogen and oxygen atoms in total. The molecule has 0 spiro atoms. The molecule has 0 aromatic carbocycles. The highest BCUT2D eigenvalue weighted by Gasteiger charge is 2.15. The van der Waals surface area contributed by atoms with Crippen LogP contribution in [0.5, 0.6) is 0 Å². The molecular formula is C17H24FN3O5. The van der Waals surface area contributed by atoms with Crippen molar-refractivity contribution in [3.8, 4) is 0 Å². The molecule has 2 N–H and O–H groups in total. The number of carbonyl (C=O) groups is 3. The second kappa shape index (κ2) is 11.2. The summed E-state index contributed by atoms with van der Waals surface area (Å²) in [6.07, 6.45) is 4.18. The Labute approximate surface area is 150 Å². The summed E-state index contributed by atoms with van der Waals surface area (Å²) in [7, 11) is 0. The van der Waals surface area contributed by atoms with Gasteiger partial charge in [-0.25, -0.2) is 19.2 Å². The molecular weight excluding hydrogens is 345 g/mol. The minimum atomic E-state index is -0.880. The number of amides is 1. The summed E-state index contributed by atoms with van der Waals surface area (Å²) >= 11 is 0. The van der Waals surface area contributed by atoms with Crippen molar-refractivity contribution < 1.29 is 24.0 Å². The molecule has 0 saturated carbocycles. The average molecular weight is 369 g/mol. The fourth-order valence-corrected chi connectivity index (χ4v) is 2.40. The van der Waals surface area contributed by atoms with Gasteiger partial charge in [-0.15, -0.1) is 0 Å². The number of nitrogens with one attached hydrogen (secondary N) is 1. The lowest BCUT2D eigenvalue weighted by Gasteiger charge is -2.06. The monoisotopic (exact) mass is 369 g/mol. The highest BCUT2D eigenvalue weighted by Crippen LogP contribution is 2.09. The lowest BCUT2D eigenvalue weighted by atomic mass is 10.1. The normalized spacial score (nSPS) is 10.6. The zero-order valence-corrected chi connectivity index (χ0v) is 14.8. The lowest BCUT2D eigenvalue weighted by Crippen LogP contribution is -2.30. The van der Waals surface area contributed by atoms with Crippen LogP contribution in [0.2, 0.25) is 0 Å². The summed E-state index contributed by atoms with van der Waals surface area (Å²) < 4.78 is 14.6. The van der Waals surface area contributed by atoms with Gasteiger partial charge in [0.25, 0.3) is 0 Å². The molecule has 0 atom stereocenters. The van der Waals surface area contributed by atoms with E-state index in [9.17, 15) is 23.6 Å². The summed E-state index contributed by atoms with van der Waals surface area (Å²) in [5.41, 5.74) is 0.416. The van der Waals surface area contributed by atoms with E-state index >= 15 is 0 Å². The fraction of sp³-hybridized carbons (Fsp3) is 0.588. The van der Waals surface area contributed by atoms with Crippen molar-refractivity contribution in [2.45, 2.75) is 64.7 Å². The van der Waals surface area contributed by atoms with Crippen molar-refractivity contribution in [1.29, 1.82) is 0 Å². The molecule has 0 saturated heterocycles. The first-order valence-corrected chi connectivity index (χ1v) is 8.65. The number of ketones is 1. The summed E-state index contributed by atoms with van der Waals surface area (Å²) in [4.78, 5) is 49.7. The highest BCUT2D eigenvalue weighted by molar-refractivity contribution is 5.81. The Morgan fingerprint density at radius 1 is 1.15 bits per heavy atom. The zero-order chi connectivity index (χ0) is 19.5. The summed E-state index contributed by atoms with van der Waals surface area (Å²) in [5, 5.41) is 8.34. The maximum absolute atomic E-state index is 14.0. The smallest absolute Gasteiger partial charge is 0.299 e. The van der Waals surface area contributed by atoms with E-state index in [2.05, 4.69) is 4.98 Å². The predicted molar refractivity (Wildman–Crippen MR) is 90.3 cm³/mol. The standard InChI is InChI=1S/C17H24FN3O5/c1-2-7-16(24)21-11-13(18)14(19-17(21)25)10-12(22)8-5-3-4-6-9-15(23)20-26/h11,26H,2-10H2,1H3,(H,20,23). The maximum atomic E-state index is 14.0. The van der Waals surface area contributed by atoms with Crippen LogP contribution in [-0.2, 0) is 16.0 Å². The van der Waals surface area contributed by atoms with Crippen molar-refractivity contribution in [1.82, 2.24) is 15.0 Å². The summed E-state index contributed by atoms with van der Waals surface area (Å²) in [6, 6.07) is 0. The van der Waals surface area contributed by atoms with Gasteiger partial charge >= 0.3 is 5.69 Å². The first-order chi connectivity index (χ1) is 12.4. The van der Waals surface area contributed by atoms with Crippen molar-refractivity contribution in [2.75, 3.05) is 0 Å². The topological polar surface area (TPSA) is 118 Å². The van der Waals surface area contributed by atoms with E-state index in [1.54, 1.807) is 12.4 Å². The summed E-state index contributed by atoms with van der Waals surface area (Å²) in [6.45, 7) is 1.77. The fourth-order valence-electron chi connectivity index (χ4n) is 2.40. The molecule has 1 heterocycles. The van der Waals surface area contributed by atoms with E-state index in [1.165, 1.54) is 0 Å². The number of hydrogen-bond acceptors (Lipinski definition) is 6. The van der Waals surface area contributed by atoms with E-state index in [1.807, 2.05) is 0 Å². The minimum absolute atomic E-state index is 0.110. The molecule has 1 aromatic rings. The van der Waals surface area contributed by atoms with Crippen molar-refractivity contribution in [2.24, 2.45) is 0 Å². The third-order valence-electron chi connectivity index (χ3n) is 3.79. The number of unbranched alkanes of at least 4 members (excludes halogenated alkanes) is 3. The van der Waals surface area contributed by atoms with E-state index < -0.39 is 23.3 Å². The lowest BCUT2D eigenvalue weighted by molar-refractivity contribution is -0.129. The number of carbonyl (C=O) groups excluding carboxylic acids is 3. The second-order valence-electron chi connectivity index (χ2n) is 6.00. The number of rotatable bonds is 11. The van der Waals surface area contributed by atoms with Gasteiger partial charge < -0.3 is 0 Å². The largest absolute Gasteiger partial charge is 0.354 e. The average Bonchev–Trinajstić information content (AvgIpc) is 2.60. The first kappa shape index (κ1) is 21.6.